The Kier molecular flexibility index (Phi) is 2.82. The van der Waals surface area contributed by atoms with Gasteiger partial charge in [-0.2, -0.15) is 0 Å². The summed E-state index contributed by atoms with van der Waals surface area (Å²) in [5.74, 6) is -0.0299. The maximum Gasteiger partial charge on any atom is 0.223 e. The fourth-order valence-corrected chi connectivity index (χ4v) is 1.09. The van der Waals surface area contributed by atoms with Crippen LogP contribution in [0.2, 0.25) is 0 Å². The predicted molar refractivity (Wildman–Crippen MR) is 53.6 cm³/mol. The van der Waals surface area contributed by atoms with E-state index in [0.717, 1.165) is 18.0 Å². The van der Waals surface area contributed by atoms with Gasteiger partial charge in [0.2, 0.25) is 5.95 Å². The quantitative estimate of drug-likeness (QED) is 0.825. The van der Waals surface area contributed by atoms with Crippen LogP contribution in [0.3, 0.4) is 0 Å². The van der Waals surface area contributed by atoms with Crippen molar-refractivity contribution in [1.82, 2.24) is 15.0 Å². The lowest BCUT2D eigenvalue weighted by Crippen LogP contribution is -2.03. The lowest BCUT2D eigenvalue weighted by Gasteiger charge is -2.03. The molecule has 0 fully saturated rings. The molecule has 2 heterocycles. The fourth-order valence-electron chi connectivity index (χ4n) is 1.09. The topological polar surface area (TPSA) is 50.7 Å². The van der Waals surface area contributed by atoms with Gasteiger partial charge in [0.15, 0.2) is 5.82 Å². The molecule has 0 aromatic carbocycles. The summed E-state index contributed by atoms with van der Waals surface area (Å²) < 4.78 is 12.5. The first-order valence-electron chi connectivity index (χ1n) is 4.45. The molecule has 5 heteroatoms. The first-order valence-corrected chi connectivity index (χ1v) is 4.45. The molecule has 0 amide bonds. The van der Waals surface area contributed by atoms with Crippen LogP contribution in [-0.2, 0) is 6.54 Å². The van der Waals surface area contributed by atoms with E-state index in [2.05, 4.69) is 20.3 Å². The van der Waals surface area contributed by atoms with E-state index in [4.69, 9.17) is 0 Å². The first kappa shape index (κ1) is 9.51. The molecule has 1 N–H and O–H groups in total. The Hall–Kier alpha value is -2.04. The minimum Gasteiger partial charge on any atom is -0.350 e. The summed E-state index contributed by atoms with van der Waals surface area (Å²) in [5.41, 5.74) is 1.07. The highest BCUT2D eigenvalue weighted by atomic mass is 19.1. The summed E-state index contributed by atoms with van der Waals surface area (Å²) in [7, 11) is 0. The first-order chi connectivity index (χ1) is 7.34. The molecule has 0 saturated carbocycles. The molecule has 76 valence electrons. The zero-order valence-electron chi connectivity index (χ0n) is 7.89. The number of pyridine rings is 1. The molecule has 0 saturated heterocycles. The summed E-state index contributed by atoms with van der Waals surface area (Å²) in [4.78, 5) is 11.5. The van der Waals surface area contributed by atoms with E-state index in [0.29, 0.717) is 12.5 Å². The van der Waals surface area contributed by atoms with Gasteiger partial charge >= 0.3 is 0 Å². The molecule has 0 aliphatic heterocycles. The fraction of sp³-hybridized carbons (Fsp3) is 0.100. The number of aromatic nitrogens is 3. The molecular weight excluding hydrogens is 195 g/mol. The standard InChI is InChI=1S/C10H9FN4/c11-9-6-14-10(15-7-9)13-5-8-1-3-12-4-2-8/h1-4,6-7H,5H2,(H,13,14,15). The minimum atomic E-state index is -0.440. The van der Waals surface area contributed by atoms with Crippen LogP contribution in [-0.4, -0.2) is 15.0 Å². The maximum absolute atomic E-state index is 12.5. The Labute approximate surface area is 86.2 Å². The van der Waals surface area contributed by atoms with Gasteiger partial charge in [-0.05, 0) is 17.7 Å². The zero-order valence-corrected chi connectivity index (χ0v) is 7.89. The lowest BCUT2D eigenvalue weighted by molar-refractivity contribution is 0.614. The largest absolute Gasteiger partial charge is 0.350 e. The average molecular weight is 204 g/mol. The Morgan fingerprint density at radius 2 is 1.80 bits per heavy atom. The number of anilines is 1. The third kappa shape index (κ3) is 2.70. The highest BCUT2D eigenvalue weighted by Crippen LogP contribution is 2.02. The molecule has 0 aliphatic rings. The van der Waals surface area contributed by atoms with Gasteiger partial charge in [0.1, 0.15) is 0 Å². The molecule has 0 unspecified atom stereocenters. The summed E-state index contributed by atoms with van der Waals surface area (Å²) in [6.07, 6.45) is 5.68. The monoisotopic (exact) mass is 204 g/mol. The van der Waals surface area contributed by atoms with Crippen LogP contribution in [0.1, 0.15) is 5.56 Å². The van der Waals surface area contributed by atoms with Crippen molar-refractivity contribution in [2.45, 2.75) is 6.54 Å². The number of halogens is 1. The average Bonchev–Trinajstić information content (AvgIpc) is 2.30. The number of hydrogen-bond acceptors (Lipinski definition) is 4. The second-order valence-electron chi connectivity index (χ2n) is 2.93. The molecular formula is C10H9FN4. The molecule has 0 spiro atoms. The Balaban J connectivity index is 1.96. The van der Waals surface area contributed by atoms with Crippen LogP contribution < -0.4 is 5.32 Å². The second kappa shape index (κ2) is 4.45. The smallest absolute Gasteiger partial charge is 0.223 e. The van der Waals surface area contributed by atoms with Gasteiger partial charge in [0.05, 0.1) is 12.4 Å². The predicted octanol–water partition coefficient (Wildman–Crippen LogP) is 1.62. The second-order valence-corrected chi connectivity index (χ2v) is 2.93. The zero-order chi connectivity index (χ0) is 10.5. The van der Waals surface area contributed by atoms with Crippen molar-refractivity contribution in [3.63, 3.8) is 0 Å². The highest BCUT2D eigenvalue weighted by molar-refractivity contribution is 5.25. The number of rotatable bonds is 3. The van der Waals surface area contributed by atoms with E-state index in [1.807, 2.05) is 12.1 Å². The van der Waals surface area contributed by atoms with Crippen LogP contribution in [0.4, 0.5) is 10.3 Å². The van der Waals surface area contributed by atoms with Gasteiger partial charge in [0, 0.05) is 18.9 Å². The van der Waals surface area contributed by atoms with Crippen LogP contribution in [0, 0.1) is 5.82 Å². The minimum absolute atomic E-state index is 0.410. The molecule has 4 nitrogen and oxygen atoms in total. The maximum atomic E-state index is 12.5. The van der Waals surface area contributed by atoms with E-state index in [1.54, 1.807) is 12.4 Å². The molecule has 0 bridgehead atoms. The van der Waals surface area contributed by atoms with E-state index in [9.17, 15) is 4.39 Å². The van der Waals surface area contributed by atoms with Gasteiger partial charge in [-0.1, -0.05) is 0 Å². The van der Waals surface area contributed by atoms with Crippen molar-refractivity contribution >= 4 is 5.95 Å². The Bertz CT molecular complexity index is 415. The van der Waals surface area contributed by atoms with E-state index in [-0.39, 0.29) is 0 Å². The van der Waals surface area contributed by atoms with Crippen molar-refractivity contribution < 1.29 is 4.39 Å². The van der Waals surface area contributed by atoms with Crippen LogP contribution in [0.25, 0.3) is 0 Å². The summed E-state index contributed by atoms with van der Waals surface area (Å²) in [6, 6.07) is 3.77. The van der Waals surface area contributed by atoms with E-state index >= 15 is 0 Å². The van der Waals surface area contributed by atoms with Crippen molar-refractivity contribution in [2.75, 3.05) is 5.32 Å². The Morgan fingerprint density at radius 3 is 2.47 bits per heavy atom. The third-order valence-corrected chi connectivity index (χ3v) is 1.82. The van der Waals surface area contributed by atoms with Gasteiger partial charge in [-0.25, -0.2) is 14.4 Å². The molecule has 0 aliphatic carbocycles. The van der Waals surface area contributed by atoms with Crippen molar-refractivity contribution in [3.8, 4) is 0 Å². The van der Waals surface area contributed by atoms with Crippen molar-refractivity contribution in [1.29, 1.82) is 0 Å². The van der Waals surface area contributed by atoms with Crippen molar-refractivity contribution in [2.24, 2.45) is 0 Å². The lowest BCUT2D eigenvalue weighted by atomic mass is 10.3. The SMILES string of the molecule is Fc1cnc(NCc2ccncc2)nc1. The molecule has 2 aromatic rings. The number of nitrogens with one attached hydrogen (secondary N) is 1. The third-order valence-electron chi connectivity index (χ3n) is 1.82. The van der Waals surface area contributed by atoms with E-state index < -0.39 is 5.82 Å². The summed E-state index contributed by atoms with van der Waals surface area (Å²) in [6.45, 7) is 0.591. The molecule has 15 heavy (non-hydrogen) atoms. The molecule has 2 aromatic heterocycles. The Morgan fingerprint density at radius 1 is 1.13 bits per heavy atom. The highest BCUT2D eigenvalue weighted by Gasteiger charge is 1.96. The molecule has 2 rings (SSSR count). The molecule has 0 atom stereocenters. The van der Waals surface area contributed by atoms with Crippen LogP contribution >= 0.6 is 0 Å². The van der Waals surface area contributed by atoms with Gasteiger partial charge in [0.25, 0.3) is 0 Å². The summed E-state index contributed by atoms with van der Waals surface area (Å²) >= 11 is 0. The van der Waals surface area contributed by atoms with Gasteiger partial charge in [-0.15, -0.1) is 0 Å². The van der Waals surface area contributed by atoms with Gasteiger partial charge < -0.3 is 5.32 Å². The number of nitrogens with zero attached hydrogens (tertiary/aromatic N) is 3. The van der Waals surface area contributed by atoms with Crippen LogP contribution in [0.5, 0.6) is 0 Å². The number of hydrogen-bond donors (Lipinski definition) is 1. The molecule has 0 radical (unpaired) electrons. The van der Waals surface area contributed by atoms with Crippen LogP contribution in [0.15, 0.2) is 36.9 Å². The summed E-state index contributed by atoms with van der Waals surface area (Å²) in [5, 5.41) is 2.97. The van der Waals surface area contributed by atoms with Crippen molar-refractivity contribution in [3.05, 3.63) is 48.3 Å². The van der Waals surface area contributed by atoms with Gasteiger partial charge in [-0.3, -0.25) is 4.98 Å². The van der Waals surface area contributed by atoms with E-state index in [1.165, 1.54) is 0 Å². The normalized spacial score (nSPS) is 9.93.